The summed E-state index contributed by atoms with van der Waals surface area (Å²) in [6.07, 6.45) is 0. The van der Waals surface area contributed by atoms with Crippen LogP contribution in [0.1, 0.15) is 44.9 Å². The van der Waals surface area contributed by atoms with Crippen molar-refractivity contribution in [1.29, 1.82) is 0 Å². The summed E-state index contributed by atoms with van der Waals surface area (Å²) in [5.41, 5.74) is 7.06. The van der Waals surface area contributed by atoms with Gasteiger partial charge in [-0.05, 0) is 89.2 Å². The van der Waals surface area contributed by atoms with Crippen LogP contribution in [0.25, 0.3) is 0 Å². The van der Waals surface area contributed by atoms with E-state index in [9.17, 15) is 25.9 Å². The molecule has 0 aliphatic carbocycles. The molecule has 0 fully saturated rings. The third kappa shape index (κ3) is 8.65. The van der Waals surface area contributed by atoms with Crippen molar-refractivity contribution in [1.82, 2.24) is 0 Å². The largest absolute Gasteiger partial charge is 1.00 e. The van der Waals surface area contributed by atoms with Crippen molar-refractivity contribution in [3.05, 3.63) is 154 Å². The van der Waals surface area contributed by atoms with E-state index in [1.54, 1.807) is 0 Å². The van der Waals surface area contributed by atoms with E-state index in [2.05, 4.69) is 10.6 Å². The predicted molar refractivity (Wildman–Crippen MR) is 173 cm³/mol. The van der Waals surface area contributed by atoms with Gasteiger partial charge in [0.1, 0.15) is 20.2 Å². The first-order valence-corrected chi connectivity index (χ1v) is 17.0. The average molecular weight is 664 g/mol. The van der Waals surface area contributed by atoms with Crippen molar-refractivity contribution in [3.8, 4) is 0 Å². The zero-order chi connectivity index (χ0) is 32.2. The minimum absolute atomic E-state index is 0. The first-order chi connectivity index (χ1) is 21.4. The van der Waals surface area contributed by atoms with Crippen molar-refractivity contribution in [2.24, 2.45) is 0 Å². The molecule has 0 aliphatic heterocycles. The van der Waals surface area contributed by atoms with Crippen LogP contribution in [0.4, 0.5) is 11.4 Å². The van der Waals surface area contributed by atoms with Gasteiger partial charge in [0.05, 0.1) is 9.79 Å². The summed E-state index contributed by atoms with van der Waals surface area (Å²) < 4.78 is 73.0. The maximum absolute atomic E-state index is 12.5. The van der Waals surface area contributed by atoms with Crippen LogP contribution >= 0.6 is 0 Å². The zero-order valence-corrected chi connectivity index (χ0v) is 29.4. The summed E-state index contributed by atoms with van der Waals surface area (Å²) in [5.74, 6) is -0.765. The van der Waals surface area contributed by atoms with Gasteiger partial charge >= 0.3 is 29.6 Å². The Hall–Kier alpha value is -3.48. The van der Waals surface area contributed by atoms with Crippen LogP contribution in [-0.4, -0.2) is 25.9 Å². The van der Waals surface area contributed by atoms with Crippen LogP contribution in [-0.2, 0) is 33.3 Å². The molecule has 5 rings (SSSR count). The molecule has 0 atom stereocenters. The minimum Gasteiger partial charge on any atom is -0.744 e. The molecule has 0 radical (unpaired) electrons. The van der Waals surface area contributed by atoms with Crippen molar-refractivity contribution in [3.63, 3.8) is 0 Å². The summed E-state index contributed by atoms with van der Waals surface area (Å²) in [6, 6.07) is 34.2. The van der Waals surface area contributed by atoms with E-state index >= 15 is 0 Å². The van der Waals surface area contributed by atoms with Crippen molar-refractivity contribution in [2.75, 3.05) is 10.6 Å². The molecular formula is C35H32N2NaO6S2-. The number of anilines is 2. The molecule has 5 aromatic rings. The number of hydrogen-bond donors (Lipinski definition) is 2. The Balaban J connectivity index is 0.00000480. The molecule has 0 aromatic heterocycles. The Kier molecular flexibility index (Phi) is 11.5. The summed E-state index contributed by atoms with van der Waals surface area (Å²) in [6.45, 7) is 4.98. The Bertz CT molecular complexity index is 1950. The van der Waals surface area contributed by atoms with Crippen molar-refractivity contribution >= 4 is 31.6 Å². The molecule has 2 N–H and O–H groups in total. The molecule has 0 amide bonds. The summed E-state index contributed by atoms with van der Waals surface area (Å²) >= 11 is 0. The molecule has 232 valence electrons. The first-order valence-electron chi connectivity index (χ1n) is 14.2. The van der Waals surface area contributed by atoms with Gasteiger partial charge in [-0.1, -0.05) is 78.9 Å². The average Bonchev–Trinajstić information content (AvgIpc) is 3.01. The molecule has 5 aromatic carbocycles. The number of hydrogen-bond acceptors (Lipinski definition) is 8. The maximum Gasteiger partial charge on any atom is 1.00 e. The van der Waals surface area contributed by atoms with Crippen LogP contribution in [0, 0.1) is 13.8 Å². The molecule has 8 nitrogen and oxygen atoms in total. The molecular weight excluding hydrogens is 632 g/mol. The second kappa shape index (κ2) is 15.0. The van der Waals surface area contributed by atoms with E-state index in [-0.39, 0.29) is 35.1 Å². The number of benzene rings is 5. The smallest absolute Gasteiger partial charge is 0.744 e. The minimum atomic E-state index is -5.18. The molecule has 0 spiro atoms. The standard InChI is InChI=1S/C35H34N2O6S2.Na/c1-24-19-28(36-22-26-9-5-3-6-10-26)13-16-31(24)35(33-18-15-30(44(38,39)40)21-34(33)45(41,42)43)32-17-14-29(20-25(32)2)37-23-27-11-7-4-8-12-27;/h3-21,35-37H,22-23H2,1-2H3,(H,38,39,40)(H,41,42,43);/q;+1/p-2. The quantitative estimate of drug-likeness (QED) is 0.124. The van der Waals surface area contributed by atoms with E-state index in [1.807, 2.05) is 111 Å². The van der Waals surface area contributed by atoms with Crippen molar-refractivity contribution in [2.45, 2.75) is 42.6 Å². The second-order valence-corrected chi connectivity index (χ2v) is 13.6. The van der Waals surface area contributed by atoms with Crippen molar-refractivity contribution < 1.29 is 55.5 Å². The van der Waals surface area contributed by atoms with Crippen LogP contribution in [0.3, 0.4) is 0 Å². The third-order valence-corrected chi connectivity index (χ3v) is 9.42. The zero-order valence-electron chi connectivity index (χ0n) is 25.7. The topological polar surface area (TPSA) is 138 Å². The fraction of sp³-hybridized carbons (Fsp3) is 0.143. The first kappa shape index (κ1) is 35.4. The Morgan fingerprint density at radius 3 is 1.39 bits per heavy atom. The van der Waals surface area contributed by atoms with Crippen LogP contribution < -0.4 is 40.2 Å². The van der Waals surface area contributed by atoms with Crippen LogP contribution in [0.5, 0.6) is 0 Å². The van der Waals surface area contributed by atoms with E-state index in [1.165, 1.54) is 6.07 Å². The SMILES string of the molecule is Cc1cc(NCc2ccccc2)ccc1C(c1ccc(NCc2ccccc2)cc1C)c1ccc(S(=O)(=O)[O-])cc1S(=O)(=O)[O-].[Na+]. The van der Waals surface area contributed by atoms with Gasteiger partial charge in [0.2, 0.25) is 0 Å². The summed E-state index contributed by atoms with van der Waals surface area (Å²) in [7, 11) is -10.2. The van der Waals surface area contributed by atoms with Gasteiger partial charge in [-0.15, -0.1) is 0 Å². The third-order valence-electron chi connectivity index (χ3n) is 7.69. The van der Waals surface area contributed by atoms with E-state index in [0.717, 1.165) is 50.8 Å². The van der Waals surface area contributed by atoms with E-state index in [0.29, 0.717) is 19.2 Å². The number of aryl methyl sites for hydroxylation is 2. The van der Waals surface area contributed by atoms with Crippen LogP contribution in [0.15, 0.2) is 125 Å². The molecule has 0 saturated carbocycles. The Morgan fingerprint density at radius 2 is 1.00 bits per heavy atom. The maximum atomic E-state index is 12.5. The number of nitrogens with one attached hydrogen (secondary N) is 2. The Labute approximate surface area is 292 Å². The second-order valence-electron chi connectivity index (χ2n) is 10.9. The van der Waals surface area contributed by atoms with Gasteiger partial charge < -0.3 is 19.7 Å². The molecule has 0 aliphatic rings. The van der Waals surface area contributed by atoms with Gasteiger partial charge in [-0.25, -0.2) is 16.8 Å². The fourth-order valence-electron chi connectivity index (χ4n) is 5.45. The van der Waals surface area contributed by atoms with Gasteiger partial charge in [0, 0.05) is 30.4 Å². The van der Waals surface area contributed by atoms with Gasteiger partial charge in [0.15, 0.2) is 0 Å². The summed E-state index contributed by atoms with van der Waals surface area (Å²) in [4.78, 5) is -1.53. The predicted octanol–water partition coefficient (Wildman–Crippen LogP) is 3.52. The number of rotatable bonds is 11. The van der Waals surface area contributed by atoms with E-state index < -0.39 is 35.9 Å². The van der Waals surface area contributed by atoms with Gasteiger partial charge in [0.25, 0.3) is 0 Å². The van der Waals surface area contributed by atoms with Gasteiger partial charge in [-0.3, -0.25) is 0 Å². The molecule has 11 heteroatoms. The van der Waals surface area contributed by atoms with Crippen LogP contribution in [0.2, 0.25) is 0 Å². The molecule has 0 saturated heterocycles. The normalized spacial score (nSPS) is 11.6. The molecule has 0 bridgehead atoms. The molecule has 46 heavy (non-hydrogen) atoms. The molecule has 0 unspecified atom stereocenters. The summed E-state index contributed by atoms with van der Waals surface area (Å²) in [5, 5.41) is 6.80. The monoisotopic (exact) mass is 663 g/mol. The van der Waals surface area contributed by atoms with Gasteiger partial charge in [-0.2, -0.15) is 0 Å². The molecule has 0 heterocycles. The van der Waals surface area contributed by atoms with E-state index in [4.69, 9.17) is 0 Å². The Morgan fingerprint density at radius 1 is 0.565 bits per heavy atom. The fourth-order valence-corrected chi connectivity index (χ4v) is 6.76.